The fourth-order valence-electron chi connectivity index (χ4n) is 2.45. The molecule has 1 aliphatic carbocycles. The Labute approximate surface area is 107 Å². The number of aliphatic carboxylic acids is 1. The highest BCUT2D eigenvalue weighted by Gasteiger charge is 2.46. The normalized spacial score (nSPS) is 17.9. The van der Waals surface area contributed by atoms with Gasteiger partial charge in [-0.1, -0.05) is 12.5 Å². The van der Waals surface area contributed by atoms with Crippen molar-refractivity contribution in [3.63, 3.8) is 0 Å². The van der Waals surface area contributed by atoms with Crippen LogP contribution in [-0.2, 0) is 10.2 Å². The van der Waals surface area contributed by atoms with E-state index < -0.39 is 11.4 Å². The van der Waals surface area contributed by atoms with Gasteiger partial charge in [0.15, 0.2) is 0 Å². The molecule has 1 N–H and O–H groups in total. The zero-order valence-electron chi connectivity index (χ0n) is 9.07. The van der Waals surface area contributed by atoms with Gasteiger partial charge in [-0.05, 0) is 46.5 Å². The highest BCUT2D eigenvalue weighted by Crippen LogP contribution is 2.45. The SMILES string of the molecule is O=C(O)C1(c2ccc3occ(Br)c3c2)CCC1. The summed E-state index contributed by atoms with van der Waals surface area (Å²) in [4.78, 5) is 11.4. The van der Waals surface area contributed by atoms with E-state index in [2.05, 4.69) is 15.9 Å². The molecule has 1 aromatic carbocycles. The van der Waals surface area contributed by atoms with Crippen molar-refractivity contribution in [1.29, 1.82) is 0 Å². The van der Waals surface area contributed by atoms with Gasteiger partial charge in [-0.2, -0.15) is 0 Å². The van der Waals surface area contributed by atoms with Gasteiger partial charge in [-0.15, -0.1) is 0 Å². The molecule has 0 saturated heterocycles. The Morgan fingerprint density at radius 3 is 2.76 bits per heavy atom. The van der Waals surface area contributed by atoms with Gasteiger partial charge >= 0.3 is 5.97 Å². The van der Waals surface area contributed by atoms with E-state index >= 15 is 0 Å². The van der Waals surface area contributed by atoms with Crippen LogP contribution in [0.25, 0.3) is 11.0 Å². The van der Waals surface area contributed by atoms with E-state index in [1.165, 1.54) is 0 Å². The van der Waals surface area contributed by atoms with E-state index in [1.807, 2.05) is 18.2 Å². The Balaban J connectivity index is 2.17. The van der Waals surface area contributed by atoms with Crippen LogP contribution < -0.4 is 0 Å². The smallest absolute Gasteiger partial charge is 0.314 e. The highest BCUT2D eigenvalue weighted by molar-refractivity contribution is 9.10. The Kier molecular flexibility index (Phi) is 2.30. The Morgan fingerprint density at radius 1 is 1.41 bits per heavy atom. The molecule has 0 spiro atoms. The van der Waals surface area contributed by atoms with Crippen molar-refractivity contribution in [3.05, 3.63) is 34.5 Å². The molecule has 1 saturated carbocycles. The number of fused-ring (bicyclic) bond motifs is 1. The van der Waals surface area contributed by atoms with Crippen molar-refractivity contribution in [2.24, 2.45) is 0 Å². The maximum absolute atomic E-state index is 11.4. The molecule has 0 amide bonds. The number of hydrogen-bond donors (Lipinski definition) is 1. The number of carboxylic acid groups (broad SMARTS) is 1. The van der Waals surface area contributed by atoms with Crippen molar-refractivity contribution in [1.82, 2.24) is 0 Å². The summed E-state index contributed by atoms with van der Waals surface area (Å²) in [6.07, 6.45) is 4.06. The third-order valence-corrected chi connectivity index (χ3v) is 4.31. The quantitative estimate of drug-likeness (QED) is 0.919. The van der Waals surface area contributed by atoms with Crippen LogP contribution in [0.15, 0.2) is 33.4 Å². The zero-order valence-corrected chi connectivity index (χ0v) is 10.7. The monoisotopic (exact) mass is 294 g/mol. The average molecular weight is 295 g/mol. The van der Waals surface area contributed by atoms with E-state index in [4.69, 9.17) is 4.42 Å². The van der Waals surface area contributed by atoms with Crippen LogP contribution in [0.2, 0.25) is 0 Å². The van der Waals surface area contributed by atoms with Crippen molar-refractivity contribution < 1.29 is 14.3 Å². The van der Waals surface area contributed by atoms with Crippen LogP contribution in [0, 0.1) is 0 Å². The maximum atomic E-state index is 11.4. The van der Waals surface area contributed by atoms with Crippen LogP contribution in [0.1, 0.15) is 24.8 Å². The topological polar surface area (TPSA) is 50.4 Å². The van der Waals surface area contributed by atoms with Gasteiger partial charge in [0.1, 0.15) is 11.8 Å². The molecule has 1 aliphatic rings. The minimum absolute atomic E-state index is 0.676. The number of halogens is 1. The number of carboxylic acids is 1. The zero-order chi connectivity index (χ0) is 12.0. The van der Waals surface area contributed by atoms with Crippen LogP contribution >= 0.6 is 15.9 Å². The molecule has 3 nitrogen and oxygen atoms in total. The predicted molar refractivity (Wildman–Crippen MR) is 67.1 cm³/mol. The van der Waals surface area contributed by atoms with E-state index in [-0.39, 0.29) is 0 Å². The molecule has 0 radical (unpaired) electrons. The van der Waals surface area contributed by atoms with E-state index in [1.54, 1.807) is 6.26 Å². The number of rotatable bonds is 2. The van der Waals surface area contributed by atoms with Gasteiger partial charge in [0, 0.05) is 5.39 Å². The molecule has 0 atom stereocenters. The standard InChI is InChI=1S/C13H11BrO3/c14-10-7-17-11-3-2-8(6-9(10)11)13(12(15)16)4-1-5-13/h2-3,6-7H,1,4-5H2,(H,15,16). The summed E-state index contributed by atoms with van der Waals surface area (Å²) < 4.78 is 6.20. The van der Waals surface area contributed by atoms with Crippen LogP contribution in [0.4, 0.5) is 0 Å². The fraction of sp³-hybridized carbons (Fsp3) is 0.308. The van der Waals surface area contributed by atoms with E-state index in [9.17, 15) is 9.90 Å². The Bertz CT molecular complexity index is 596. The van der Waals surface area contributed by atoms with Gasteiger partial charge in [0.05, 0.1) is 9.89 Å². The molecular formula is C13H11BrO3. The van der Waals surface area contributed by atoms with Crippen LogP contribution in [0.3, 0.4) is 0 Å². The first-order valence-corrected chi connectivity index (χ1v) is 6.33. The first-order valence-electron chi connectivity index (χ1n) is 5.54. The lowest BCUT2D eigenvalue weighted by molar-refractivity contribution is -0.147. The van der Waals surface area contributed by atoms with Crippen LogP contribution in [-0.4, -0.2) is 11.1 Å². The summed E-state index contributed by atoms with van der Waals surface area (Å²) in [5.41, 5.74) is 0.983. The van der Waals surface area contributed by atoms with Gasteiger partial charge < -0.3 is 9.52 Å². The molecule has 1 aromatic heterocycles. The van der Waals surface area contributed by atoms with Gasteiger partial charge in [0.25, 0.3) is 0 Å². The van der Waals surface area contributed by atoms with Gasteiger partial charge in [0.2, 0.25) is 0 Å². The minimum atomic E-state index is -0.720. The first kappa shape index (κ1) is 10.8. The number of benzene rings is 1. The summed E-state index contributed by atoms with van der Waals surface area (Å²) in [5.74, 6) is -0.720. The molecule has 0 unspecified atom stereocenters. The molecule has 17 heavy (non-hydrogen) atoms. The summed E-state index contributed by atoms with van der Waals surface area (Å²) in [5, 5.41) is 10.3. The summed E-state index contributed by atoms with van der Waals surface area (Å²) in [6.45, 7) is 0. The van der Waals surface area contributed by atoms with Gasteiger partial charge in [-0.25, -0.2) is 0 Å². The molecule has 0 aliphatic heterocycles. The second kappa shape index (κ2) is 3.60. The summed E-state index contributed by atoms with van der Waals surface area (Å²) in [7, 11) is 0. The third-order valence-electron chi connectivity index (χ3n) is 3.70. The molecule has 3 rings (SSSR count). The number of carbonyl (C=O) groups is 1. The molecule has 0 bridgehead atoms. The largest absolute Gasteiger partial charge is 0.481 e. The lowest BCUT2D eigenvalue weighted by Gasteiger charge is -2.38. The Hall–Kier alpha value is -1.29. The second-order valence-corrected chi connectivity index (χ2v) is 5.39. The van der Waals surface area contributed by atoms with E-state index in [0.29, 0.717) is 0 Å². The number of furan rings is 1. The number of hydrogen-bond acceptors (Lipinski definition) is 2. The summed E-state index contributed by atoms with van der Waals surface area (Å²) >= 11 is 3.40. The molecule has 4 heteroatoms. The van der Waals surface area contributed by atoms with Gasteiger partial charge in [-0.3, -0.25) is 4.79 Å². The average Bonchev–Trinajstić information content (AvgIpc) is 2.58. The maximum Gasteiger partial charge on any atom is 0.314 e. The van der Waals surface area contributed by atoms with Crippen molar-refractivity contribution in [2.75, 3.05) is 0 Å². The Morgan fingerprint density at radius 2 is 2.18 bits per heavy atom. The van der Waals surface area contributed by atoms with Crippen molar-refractivity contribution in [3.8, 4) is 0 Å². The predicted octanol–water partition coefficient (Wildman–Crippen LogP) is 3.70. The highest BCUT2D eigenvalue weighted by atomic mass is 79.9. The first-order chi connectivity index (χ1) is 8.13. The molecular weight excluding hydrogens is 284 g/mol. The van der Waals surface area contributed by atoms with Crippen molar-refractivity contribution in [2.45, 2.75) is 24.7 Å². The van der Waals surface area contributed by atoms with E-state index in [0.717, 1.165) is 40.3 Å². The summed E-state index contributed by atoms with van der Waals surface area (Å²) in [6, 6.07) is 5.64. The minimum Gasteiger partial charge on any atom is -0.481 e. The fourth-order valence-corrected chi connectivity index (χ4v) is 2.86. The lowest BCUT2D eigenvalue weighted by atomic mass is 9.64. The third kappa shape index (κ3) is 1.43. The molecule has 2 aromatic rings. The molecule has 88 valence electrons. The second-order valence-electron chi connectivity index (χ2n) is 4.54. The van der Waals surface area contributed by atoms with Crippen molar-refractivity contribution >= 4 is 32.9 Å². The molecule has 1 fully saturated rings. The van der Waals surface area contributed by atoms with Crippen LogP contribution in [0.5, 0.6) is 0 Å². The molecule has 1 heterocycles. The lowest BCUT2D eigenvalue weighted by Crippen LogP contribution is -2.42.